The van der Waals surface area contributed by atoms with E-state index in [4.69, 9.17) is 29.4 Å². The second kappa shape index (κ2) is 42.5. The van der Waals surface area contributed by atoms with Crippen molar-refractivity contribution in [2.75, 3.05) is 26.4 Å². The summed E-state index contributed by atoms with van der Waals surface area (Å²) in [5, 5.41) is 8.89. The third-order valence-corrected chi connectivity index (χ3v) is 9.19. The summed E-state index contributed by atoms with van der Waals surface area (Å²) in [5.41, 5.74) is 5.35. The smallest absolute Gasteiger partial charge is 0.472 e. The van der Waals surface area contributed by atoms with E-state index >= 15 is 0 Å². The second-order valence-corrected chi connectivity index (χ2v) is 15.2. The molecule has 0 aromatic rings. The first-order valence-corrected chi connectivity index (χ1v) is 23.1. The molecule has 0 aliphatic rings. The SMILES string of the molecule is CC/C=C\C/C=C\C/C=C\C/C=C\C/C=C\C/C=C\C/C=C\CCCC(=O)OC(COCCCCCC/C=C\C/C=C\C/C=C\CC)COP(=O)(O)OCC(N)C(=O)O. The minimum Gasteiger partial charge on any atom is -0.480 e. The fraction of sp³-hybridized carbons (Fsp3) is 0.542. The number of unbranched alkanes of at least 4 members (excludes halogenated alkanes) is 5. The van der Waals surface area contributed by atoms with E-state index in [1.807, 2.05) is 6.08 Å². The first-order chi connectivity index (χ1) is 28.7. The van der Waals surface area contributed by atoms with Crippen LogP contribution >= 0.6 is 7.82 Å². The molecular formula is C48H76NO9P. The molecule has 0 saturated carbocycles. The van der Waals surface area contributed by atoms with Crippen LogP contribution in [0.25, 0.3) is 0 Å². The number of ether oxygens (including phenoxy) is 2. The zero-order valence-corrected chi connectivity index (χ0v) is 36.9. The van der Waals surface area contributed by atoms with Crippen molar-refractivity contribution in [3.8, 4) is 0 Å². The van der Waals surface area contributed by atoms with Crippen LogP contribution in [0.2, 0.25) is 0 Å². The van der Waals surface area contributed by atoms with Gasteiger partial charge in [-0.1, -0.05) is 148 Å². The molecule has 4 N–H and O–H groups in total. The number of aliphatic carboxylic acids is 1. The van der Waals surface area contributed by atoms with E-state index in [1.54, 1.807) is 0 Å². The Labute approximate surface area is 356 Å². The molecule has 0 aromatic heterocycles. The quantitative estimate of drug-likeness (QED) is 0.0236. The highest BCUT2D eigenvalue weighted by molar-refractivity contribution is 7.47. The molecule has 0 radical (unpaired) electrons. The number of carbonyl (C=O) groups excluding carboxylic acids is 1. The molecule has 0 heterocycles. The number of phosphoric ester groups is 1. The van der Waals surface area contributed by atoms with Gasteiger partial charge in [-0.3, -0.25) is 18.6 Å². The van der Waals surface area contributed by atoms with Gasteiger partial charge in [0.05, 0.1) is 19.8 Å². The standard InChI is InChI=1S/C48H76NO9P/c1-3-5-7-9-11-13-15-17-19-20-21-22-23-24-25-26-27-28-30-32-34-36-38-40-47(50)58-45(43-56-59(53,54)57-44-46(49)48(51)52)42-55-41-39-37-35-33-31-29-18-16-14-12-10-8-6-4-2/h5-8,11-14,17-19,21-22,24-25,27-29,32,34,45-46H,3-4,9-10,15-16,20,23,26,30-31,33,35-44,49H2,1-2H3,(H,51,52)(H,53,54)/b7-5-,8-6-,13-11-,14-12-,19-17-,22-21-,25-24-,28-27-,29-18-,34-32-. The van der Waals surface area contributed by atoms with E-state index in [1.165, 1.54) is 0 Å². The van der Waals surface area contributed by atoms with E-state index in [-0.39, 0.29) is 13.0 Å². The van der Waals surface area contributed by atoms with Crippen LogP contribution in [-0.4, -0.2) is 60.5 Å². The third-order valence-electron chi connectivity index (χ3n) is 8.24. The average Bonchev–Trinajstić information content (AvgIpc) is 3.21. The van der Waals surface area contributed by atoms with Gasteiger partial charge in [0.15, 0.2) is 0 Å². The molecule has 0 fully saturated rings. The third kappa shape index (κ3) is 42.3. The summed E-state index contributed by atoms with van der Waals surface area (Å²) in [6, 6.07) is -1.49. The number of hydrogen-bond donors (Lipinski definition) is 3. The summed E-state index contributed by atoms with van der Waals surface area (Å²) in [6.45, 7) is 3.49. The number of carboxylic acids is 1. The lowest BCUT2D eigenvalue weighted by atomic mass is 10.1. The van der Waals surface area contributed by atoms with Crippen molar-refractivity contribution < 1.29 is 42.7 Å². The predicted octanol–water partition coefficient (Wildman–Crippen LogP) is 12.1. The Morgan fingerprint density at radius 2 is 0.932 bits per heavy atom. The Bertz CT molecular complexity index is 1390. The topological polar surface area (TPSA) is 155 Å². The van der Waals surface area contributed by atoms with Crippen molar-refractivity contribution in [3.63, 3.8) is 0 Å². The van der Waals surface area contributed by atoms with Crippen molar-refractivity contribution >= 4 is 19.8 Å². The van der Waals surface area contributed by atoms with Gasteiger partial charge in [0.25, 0.3) is 0 Å². The van der Waals surface area contributed by atoms with Crippen molar-refractivity contribution in [1.82, 2.24) is 0 Å². The van der Waals surface area contributed by atoms with Crippen LogP contribution < -0.4 is 5.73 Å². The lowest BCUT2D eigenvalue weighted by Gasteiger charge is -2.20. The van der Waals surface area contributed by atoms with Crippen LogP contribution in [0, 0.1) is 0 Å². The second-order valence-electron chi connectivity index (χ2n) is 13.7. The van der Waals surface area contributed by atoms with Crippen LogP contribution in [0.4, 0.5) is 0 Å². The Balaban J connectivity index is 4.42. The fourth-order valence-corrected chi connectivity index (χ4v) is 5.74. The molecule has 332 valence electrons. The van der Waals surface area contributed by atoms with Gasteiger partial charge < -0.3 is 25.2 Å². The highest BCUT2D eigenvalue weighted by Gasteiger charge is 2.27. The molecule has 59 heavy (non-hydrogen) atoms. The summed E-state index contributed by atoms with van der Waals surface area (Å²) in [7, 11) is -4.65. The van der Waals surface area contributed by atoms with Gasteiger partial charge in [-0.2, -0.15) is 0 Å². The van der Waals surface area contributed by atoms with Gasteiger partial charge >= 0.3 is 19.8 Å². The number of carboxylic acid groups (broad SMARTS) is 1. The largest absolute Gasteiger partial charge is 0.480 e. The molecule has 0 rings (SSSR count). The zero-order chi connectivity index (χ0) is 43.3. The maximum Gasteiger partial charge on any atom is 0.472 e. The van der Waals surface area contributed by atoms with Gasteiger partial charge in [-0.25, -0.2) is 4.57 Å². The first kappa shape index (κ1) is 55.4. The first-order valence-electron chi connectivity index (χ1n) is 21.6. The molecule has 0 amide bonds. The highest BCUT2D eigenvalue weighted by Crippen LogP contribution is 2.43. The van der Waals surface area contributed by atoms with E-state index < -0.39 is 45.1 Å². The Morgan fingerprint density at radius 1 is 0.542 bits per heavy atom. The number of allylic oxidation sites excluding steroid dienone is 20. The molecule has 0 spiro atoms. The number of esters is 1. The van der Waals surface area contributed by atoms with E-state index in [9.17, 15) is 19.0 Å². The van der Waals surface area contributed by atoms with E-state index in [0.717, 1.165) is 96.3 Å². The molecule has 0 aliphatic heterocycles. The normalized spacial score (nSPS) is 15.1. The number of carbonyl (C=O) groups is 2. The van der Waals surface area contributed by atoms with Gasteiger partial charge in [-0.15, -0.1) is 0 Å². The van der Waals surface area contributed by atoms with E-state index in [0.29, 0.717) is 19.4 Å². The van der Waals surface area contributed by atoms with Crippen molar-refractivity contribution in [2.24, 2.45) is 5.73 Å². The van der Waals surface area contributed by atoms with E-state index in [2.05, 4.69) is 129 Å². The molecule has 3 unspecified atom stereocenters. The number of phosphoric acid groups is 1. The van der Waals surface area contributed by atoms with Crippen LogP contribution in [0.3, 0.4) is 0 Å². The molecule has 0 aliphatic carbocycles. The number of nitrogens with two attached hydrogens (primary N) is 1. The maximum absolute atomic E-state index is 12.6. The number of hydrogen-bond acceptors (Lipinski definition) is 8. The molecule has 0 bridgehead atoms. The van der Waals surface area contributed by atoms with Crippen LogP contribution in [0.5, 0.6) is 0 Å². The molecule has 3 atom stereocenters. The Morgan fingerprint density at radius 3 is 1.37 bits per heavy atom. The molecular weight excluding hydrogens is 766 g/mol. The van der Waals surface area contributed by atoms with Gasteiger partial charge in [0.2, 0.25) is 0 Å². The summed E-state index contributed by atoms with van der Waals surface area (Å²) < 4.78 is 33.2. The molecule has 0 aromatic carbocycles. The number of rotatable bonds is 39. The zero-order valence-electron chi connectivity index (χ0n) is 36.0. The summed E-state index contributed by atoms with van der Waals surface area (Å²) in [5.74, 6) is -1.87. The van der Waals surface area contributed by atoms with Crippen LogP contribution in [0.15, 0.2) is 122 Å². The van der Waals surface area contributed by atoms with Crippen molar-refractivity contribution in [2.45, 2.75) is 142 Å². The lowest BCUT2D eigenvalue weighted by Crippen LogP contribution is -2.34. The Hall–Kier alpha value is -3.63. The van der Waals surface area contributed by atoms with Gasteiger partial charge in [-0.05, 0) is 96.3 Å². The Kier molecular flexibility index (Phi) is 39.9. The monoisotopic (exact) mass is 842 g/mol. The van der Waals surface area contributed by atoms with Gasteiger partial charge in [0, 0.05) is 13.0 Å². The minimum absolute atomic E-state index is 0.0310. The van der Waals surface area contributed by atoms with Crippen molar-refractivity contribution in [3.05, 3.63) is 122 Å². The fourth-order valence-electron chi connectivity index (χ4n) is 4.96. The summed E-state index contributed by atoms with van der Waals surface area (Å²) in [4.78, 5) is 33.5. The minimum atomic E-state index is -4.65. The maximum atomic E-state index is 12.6. The molecule has 11 heteroatoms. The molecule has 0 saturated heterocycles. The predicted molar refractivity (Wildman–Crippen MR) is 244 cm³/mol. The summed E-state index contributed by atoms with van der Waals surface area (Å²) in [6.07, 6.45) is 58.4. The average molecular weight is 842 g/mol. The summed E-state index contributed by atoms with van der Waals surface area (Å²) >= 11 is 0. The highest BCUT2D eigenvalue weighted by atomic mass is 31.2. The van der Waals surface area contributed by atoms with Crippen molar-refractivity contribution in [1.29, 1.82) is 0 Å². The van der Waals surface area contributed by atoms with Crippen LogP contribution in [-0.2, 0) is 32.7 Å². The molecule has 10 nitrogen and oxygen atoms in total. The lowest BCUT2D eigenvalue weighted by molar-refractivity contribution is -0.154. The van der Waals surface area contributed by atoms with Gasteiger partial charge in [0.1, 0.15) is 12.1 Å². The van der Waals surface area contributed by atoms with Crippen LogP contribution in [0.1, 0.15) is 129 Å².